The largest absolute Gasteiger partial charge is 0.0842 e. The minimum Gasteiger partial charge on any atom is -0.0842 e. The molecule has 0 aromatic heterocycles. The van der Waals surface area contributed by atoms with Gasteiger partial charge in [-0.15, -0.1) is 0 Å². The number of fused-ring (bicyclic) bond motifs is 3. The van der Waals surface area contributed by atoms with Crippen molar-refractivity contribution in [1.29, 1.82) is 0 Å². The Labute approximate surface area is 171 Å². The van der Waals surface area contributed by atoms with Gasteiger partial charge < -0.3 is 0 Å². The molecule has 0 atom stereocenters. The second-order valence-corrected chi connectivity index (χ2v) is 11.9. The lowest BCUT2D eigenvalue weighted by atomic mass is 9.90. The lowest BCUT2D eigenvalue weighted by Gasteiger charge is -2.21. The van der Waals surface area contributed by atoms with E-state index < -0.39 is 0 Å². The topological polar surface area (TPSA) is 0 Å². The van der Waals surface area contributed by atoms with E-state index in [1.165, 1.54) is 58.8 Å². The summed E-state index contributed by atoms with van der Waals surface area (Å²) in [5.74, 6) is 0. The highest BCUT2D eigenvalue weighted by Crippen LogP contribution is 2.65. The third-order valence-electron chi connectivity index (χ3n) is 5.54. The molecule has 0 saturated heterocycles. The summed E-state index contributed by atoms with van der Waals surface area (Å²) in [7, 11) is 0. The zero-order valence-corrected chi connectivity index (χ0v) is 17.6. The number of hydrogen-bond donors (Lipinski definition) is 0. The zero-order valence-electron chi connectivity index (χ0n) is 14.3. The standard InChI is InChI=1S/C22H18S4/c1-3-7-15-13(5-1)9-11-17-19(15)25-21(23-17)22-24-18-12-10-14-6-2-4-8-16(14)20(18)26-22/h1-3,5-7H,4,8-12H2/b22-21-. The van der Waals surface area contributed by atoms with Gasteiger partial charge in [-0.05, 0) is 60.8 Å². The van der Waals surface area contributed by atoms with E-state index in [-0.39, 0.29) is 0 Å². The van der Waals surface area contributed by atoms with Gasteiger partial charge in [0.2, 0.25) is 0 Å². The quantitative estimate of drug-likeness (QED) is 0.424. The van der Waals surface area contributed by atoms with Crippen LogP contribution in [-0.4, -0.2) is 0 Å². The number of benzene rings is 1. The van der Waals surface area contributed by atoms with Gasteiger partial charge >= 0.3 is 0 Å². The van der Waals surface area contributed by atoms with Gasteiger partial charge in [0.25, 0.3) is 0 Å². The summed E-state index contributed by atoms with van der Waals surface area (Å²) in [5.41, 5.74) is 6.26. The molecule has 0 amide bonds. The zero-order chi connectivity index (χ0) is 17.1. The predicted molar refractivity (Wildman–Crippen MR) is 121 cm³/mol. The Morgan fingerprint density at radius 3 is 2.38 bits per heavy atom. The molecule has 0 N–H and O–H groups in total. The van der Waals surface area contributed by atoms with Crippen molar-refractivity contribution in [1.82, 2.24) is 0 Å². The van der Waals surface area contributed by atoms with E-state index in [0.29, 0.717) is 0 Å². The van der Waals surface area contributed by atoms with Gasteiger partial charge in [0.1, 0.15) is 0 Å². The van der Waals surface area contributed by atoms with E-state index in [2.05, 4.69) is 71.7 Å². The van der Waals surface area contributed by atoms with Crippen LogP contribution in [0.4, 0.5) is 0 Å². The molecule has 1 aromatic carbocycles. The summed E-state index contributed by atoms with van der Waals surface area (Å²) in [5, 5.41) is 0. The molecule has 1 aromatic rings. The molecule has 6 rings (SSSR count). The second-order valence-electron chi connectivity index (χ2n) is 7.09. The van der Waals surface area contributed by atoms with Crippen molar-refractivity contribution in [2.24, 2.45) is 0 Å². The fraction of sp³-hybridized carbons (Fsp3) is 0.273. The van der Waals surface area contributed by atoms with Crippen molar-refractivity contribution >= 4 is 52.0 Å². The first-order valence-electron chi connectivity index (χ1n) is 9.26. The summed E-state index contributed by atoms with van der Waals surface area (Å²) >= 11 is 8.22. The van der Waals surface area contributed by atoms with E-state index in [0.717, 1.165) is 0 Å². The molecule has 0 bridgehead atoms. The normalized spacial score (nSPS) is 26.9. The minimum absolute atomic E-state index is 1.20. The summed E-state index contributed by atoms with van der Waals surface area (Å²) in [6, 6.07) is 8.99. The molecule has 0 nitrogen and oxygen atoms in total. The third-order valence-corrected chi connectivity index (χ3v) is 11.6. The van der Waals surface area contributed by atoms with Crippen LogP contribution in [0.15, 0.2) is 70.8 Å². The van der Waals surface area contributed by atoms with E-state index in [1.54, 1.807) is 30.1 Å². The molecule has 0 saturated carbocycles. The minimum atomic E-state index is 1.20. The van der Waals surface area contributed by atoms with Gasteiger partial charge in [-0.25, -0.2) is 0 Å². The molecule has 0 spiro atoms. The van der Waals surface area contributed by atoms with Gasteiger partial charge in [-0.3, -0.25) is 0 Å². The molecule has 3 aliphatic carbocycles. The molecule has 0 fully saturated rings. The van der Waals surface area contributed by atoms with Gasteiger partial charge in [0.15, 0.2) is 0 Å². The first kappa shape index (κ1) is 16.3. The maximum atomic E-state index is 2.38. The molecular weight excluding hydrogens is 393 g/mol. The molecular formula is C22H18S4. The number of thioether (sulfide) groups is 4. The van der Waals surface area contributed by atoms with Crippen LogP contribution >= 0.6 is 47.0 Å². The number of hydrogen-bond acceptors (Lipinski definition) is 4. The van der Waals surface area contributed by atoms with Crippen LogP contribution in [-0.2, 0) is 6.42 Å². The molecule has 2 heterocycles. The molecule has 26 heavy (non-hydrogen) atoms. The molecule has 0 unspecified atom stereocenters. The Morgan fingerprint density at radius 2 is 1.46 bits per heavy atom. The highest BCUT2D eigenvalue weighted by Gasteiger charge is 2.34. The second kappa shape index (κ2) is 6.44. The summed E-state index contributed by atoms with van der Waals surface area (Å²) in [4.78, 5) is 6.38. The van der Waals surface area contributed by atoms with Crippen LogP contribution in [0, 0.1) is 0 Å². The average Bonchev–Trinajstić information content (AvgIpc) is 3.32. The van der Waals surface area contributed by atoms with E-state index in [9.17, 15) is 0 Å². The number of aryl methyl sites for hydroxylation is 1. The van der Waals surface area contributed by atoms with E-state index in [4.69, 9.17) is 0 Å². The average molecular weight is 411 g/mol. The summed E-state index contributed by atoms with van der Waals surface area (Å²) < 4.78 is 3.07. The molecule has 130 valence electrons. The Bertz CT molecular complexity index is 987. The fourth-order valence-electron chi connectivity index (χ4n) is 4.25. The first-order valence-corrected chi connectivity index (χ1v) is 12.5. The van der Waals surface area contributed by atoms with E-state index in [1.807, 2.05) is 11.8 Å². The summed E-state index contributed by atoms with van der Waals surface area (Å²) in [6.07, 6.45) is 12.1. The lowest BCUT2D eigenvalue weighted by molar-refractivity contribution is 0.874. The predicted octanol–water partition coefficient (Wildman–Crippen LogP) is 8.04. The van der Waals surface area contributed by atoms with Crippen LogP contribution in [0.25, 0.3) is 4.91 Å². The van der Waals surface area contributed by atoms with Crippen molar-refractivity contribution in [2.45, 2.75) is 38.5 Å². The number of rotatable bonds is 0. The number of allylic oxidation sites excluding steroid dienone is 6. The van der Waals surface area contributed by atoms with Crippen molar-refractivity contribution in [3.8, 4) is 0 Å². The maximum absolute atomic E-state index is 2.38. The highest BCUT2D eigenvalue weighted by atomic mass is 32.2. The monoisotopic (exact) mass is 410 g/mol. The molecule has 2 aliphatic heterocycles. The Kier molecular flexibility index (Phi) is 4.03. The molecule has 0 radical (unpaired) electrons. The first-order chi connectivity index (χ1) is 12.9. The Morgan fingerprint density at radius 1 is 0.692 bits per heavy atom. The van der Waals surface area contributed by atoms with Crippen molar-refractivity contribution in [2.75, 3.05) is 0 Å². The van der Waals surface area contributed by atoms with Crippen LogP contribution in [0.2, 0.25) is 0 Å². The molecule has 4 heteroatoms. The SMILES string of the molecule is C1=CC2=C(CC1)C1=C(CC2)S/C(=C2\SC3=C(S2)c2ccccc2CC3)S1. The van der Waals surface area contributed by atoms with Crippen LogP contribution in [0.1, 0.15) is 43.2 Å². The Balaban J connectivity index is 1.31. The lowest BCUT2D eigenvalue weighted by Crippen LogP contribution is -2.02. The van der Waals surface area contributed by atoms with Crippen molar-refractivity contribution in [3.05, 3.63) is 81.9 Å². The van der Waals surface area contributed by atoms with Crippen LogP contribution in [0.3, 0.4) is 0 Å². The fourth-order valence-corrected chi connectivity index (χ4v) is 10.3. The van der Waals surface area contributed by atoms with Gasteiger partial charge in [0, 0.05) is 19.6 Å². The third kappa shape index (κ3) is 2.56. The van der Waals surface area contributed by atoms with Crippen LogP contribution < -0.4 is 0 Å². The van der Waals surface area contributed by atoms with Gasteiger partial charge in [-0.2, -0.15) is 0 Å². The smallest absolute Gasteiger partial charge is 0.0703 e. The summed E-state index contributed by atoms with van der Waals surface area (Å²) in [6.45, 7) is 0. The van der Waals surface area contributed by atoms with Crippen molar-refractivity contribution in [3.63, 3.8) is 0 Å². The Hall–Kier alpha value is -0.680. The molecule has 5 aliphatic rings. The van der Waals surface area contributed by atoms with Gasteiger partial charge in [-0.1, -0.05) is 83.5 Å². The highest BCUT2D eigenvalue weighted by molar-refractivity contribution is 8.35. The maximum Gasteiger partial charge on any atom is 0.0703 e. The van der Waals surface area contributed by atoms with Crippen molar-refractivity contribution < 1.29 is 0 Å². The van der Waals surface area contributed by atoms with E-state index >= 15 is 0 Å². The van der Waals surface area contributed by atoms with Gasteiger partial charge in [0.05, 0.1) is 8.47 Å². The van der Waals surface area contributed by atoms with Crippen LogP contribution in [0.5, 0.6) is 0 Å².